The highest BCUT2D eigenvalue weighted by Gasteiger charge is 1.97. The summed E-state index contributed by atoms with van der Waals surface area (Å²) in [6, 6.07) is 0. The molecule has 13 heavy (non-hydrogen) atoms. The molecule has 0 aromatic rings. The van der Waals surface area contributed by atoms with E-state index >= 15 is 0 Å². The smallest absolute Gasteiger partial charge is 0.217 e. The van der Waals surface area contributed by atoms with Crippen LogP contribution in [0.5, 0.6) is 0 Å². The molecule has 0 aliphatic carbocycles. The van der Waals surface area contributed by atoms with Crippen LogP contribution in [0, 0.1) is 0 Å². The molecule has 1 heterocycles. The van der Waals surface area contributed by atoms with Crippen LogP contribution in [0.15, 0.2) is 0 Å². The molecule has 0 amide bonds. The van der Waals surface area contributed by atoms with Gasteiger partial charge >= 0.3 is 0 Å². The Labute approximate surface area is 79.4 Å². The highest BCUT2D eigenvalue weighted by Crippen LogP contribution is 1.91. The Kier molecular flexibility index (Phi) is 7.16. The van der Waals surface area contributed by atoms with Crippen molar-refractivity contribution in [1.29, 1.82) is 0 Å². The van der Waals surface area contributed by atoms with Crippen LogP contribution in [0.3, 0.4) is 0 Å². The number of nitrogens with two attached hydrogens (primary N) is 1. The maximum Gasteiger partial charge on any atom is 0.217 e. The van der Waals surface area contributed by atoms with Crippen molar-refractivity contribution in [2.75, 3.05) is 19.7 Å². The van der Waals surface area contributed by atoms with Crippen LogP contribution < -0.4 is 5.32 Å². The number of rotatable bonds is 2. The van der Waals surface area contributed by atoms with Crippen LogP contribution in [0.2, 0.25) is 0 Å². The van der Waals surface area contributed by atoms with Crippen molar-refractivity contribution >= 4 is 10.4 Å². The minimum Gasteiger partial charge on any atom is -0.726 e. The van der Waals surface area contributed by atoms with E-state index in [4.69, 9.17) is 0 Å². The second kappa shape index (κ2) is 7.25. The first-order chi connectivity index (χ1) is 6.06. The van der Waals surface area contributed by atoms with E-state index in [1.54, 1.807) is 0 Å². The van der Waals surface area contributed by atoms with Gasteiger partial charge in [-0.2, -0.15) is 0 Å². The quantitative estimate of drug-likeness (QED) is 0.479. The van der Waals surface area contributed by atoms with Gasteiger partial charge in [0.2, 0.25) is 10.4 Å². The standard InChI is InChI=1S/C5H11N.C2H6O4S/c1-2-4-6-5-3-1;1-2-6-7(3,4)5/h6H,1-5H2;2H2,1H3,(H,3,4,5). The van der Waals surface area contributed by atoms with Crippen molar-refractivity contribution in [3.63, 3.8) is 0 Å². The third kappa shape index (κ3) is 11.8. The van der Waals surface area contributed by atoms with E-state index in [1.807, 2.05) is 0 Å². The average Bonchev–Trinajstić information content (AvgIpc) is 2.06. The van der Waals surface area contributed by atoms with Gasteiger partial charge in [-0.1, -0.05) is 0 Å². The molecule has 1 saturated heterocycles. The zero-order valence-corrected chi connectivity index (χ0v) is 8.68. The predicted octanol–water partition coefficient (Wildman–Crippen LogP) is -0.783. The first kappa shape index (κ1) is 12.8. The number of hydrogen-bond donors (Lipinski definition) is 1. The first-order valence-electron chi connectivity index (χ1n) is 4.48. The summed E-state index contributed by atoms with van der Waals surface area (Å²) in [5.41, 5.74) is 0. The van der Waals surface area contributed by atoms with Gasteiger partial charge < -0.3 is 9.87 Å². The van der Waals surface area contributed by atoms with E-state index < -0.39 is 10.4 Å². The molecule has 0 atom stereocenters. The molecule has 80 valence electrons. The zero-order chi connectivity index (χ0) is 10.2. The lowest BCUT2D eigenvalue weighted by atomic mass is 10.2. The molecule has 0 saturated carbocycles. The molecule has 0 aromatic heterocycles. The molecule has 1 aliphatic rings. The van der Waals surface area contributed by atoms with Gasteiger partial charge in [0.25, 0.3) is 0 Å². The first-order valence-corrected chi connectivity index (χ1v) is 5.81. The number of hydrogen-bond acceptors (Lipinski definition) is 4. The molecule has 1 aliphatic heterocycles. The van der Waals surface area contributed by atoms with Crippen LogP contribution in [0.4, 0.5) is 0 Å². The van der Waals surface area contributed by atoms with Crippen LogP contribution in [0.1, 0.15) is 26.2 Å². The zero-order valence-electron chi connectivity index (χ0n) is 7.86. The van der Waals surface area contributed by atoms with Crippen molar-refractivity contribution < 1.29 is 22.5 Å². The van der Waals surface area contributed by atoms with Crippen molar-refractivity contribution in [2.24, 2.45) is 0 Å². The second-order valence-corrected chi connectivity index (χ2v) is 3.79. The van der Waals surface area contributed by atoms with Gasteiger partial charge in [0.15, 0.2) is 0 Å². The molecule has 0 aromatic carbocycles. The Morgan fingerprint density at radius 3 is 1.92 bits per heavy atom. The Hall–Kier alpha value is -0.170. The molecule has 5 nitrogen and oxygen atoms in total. The summed E-state index contributed by atoms with van der Waals surface area (Å²) in [6.07, 6.45) is 4.36. The van der Waals surface area contributed by atoms with E-state index in [0.29, 0.717) is 0 Å². The van der Waals surface area contributed by atoms with E-state index in [-0.39, 0.29) is 6.61 Å². The number of quaternary nitrogens is 1. The predicted molar refractivity (Wildman–Crippen MR) is 46.8 cm³/mol. The third-order valence-electron chi connectivity index (χ3n) is 1.58. The molecule has 6 heteroatoms. The van der Waals surface area contributed by atoms with Crippen molar-refractivity contribution in [3.8, 4) is 0 Å². The summed E-state index contributed by atoms with van der Waals surface area (Å²) in [4.78, 5) is 0. The molecule has 2 N–H and O–H groups in total. The fourth-order valence-electron chi connectivity index (χ4n) is 1.04. The van der Waals surface area contributed by atoms with Crippen molar-refractivity contribution in [2.45, 2.75) is 26.2 Å². The largest absolute Gasteiger partial charge is 0.726 e. The maximum absolute atomic E-state index is 9.45. The van der Waals surface area contributed by atoms with Gasteiger partial charge in [0.05, 0.1) is 19.7 Å². The molecule has 0 radical (unpaired) electrons. The van der Waals surface area contributed by atoms with Crippen molar-refractivity contribution in [1.82, 2.24) is 0 Å². The summed E-state index contributed by atoms with van der Waals surface area (Å²) in [6.45, 7) is 4.08. The Morgan fingerprint density at radius 1 is 1.31 bits per heavy atom. The molecule has 0 bridgehead atoms. The summed E-state index contributed by atoms with van der Waals surface area (Å²) in [7, 11) is -4.42. The van der Waals surface area contributed by atoms with Crippen LogP contribution >= 0.6 is 0 Å². The second-order valence-electron chi connectivity index (χ2n) is 2.74. The van der Waals surface area contributed by atoms with E-state index in [2.05, 4.69) is 9.50 Å². The molecule has 1 fully saturated rings. The SMILES string of the molecule is C1CC[NH2+]CC1.CCOS(=O)(=O)[O-]. The van der Waals surface area contributed by atoms with Gasteiger partial charge in [-0.25, -0.2) is 8.42 Å². The normalized spacial score (nSPS) is 17.4. The van der Waals surface area contributed by atoms with Gasteiger partial charge in [-0.05, 0) is 26.2 Å². The van der Waals surface area contributed by atoms with E-state index in [1.165, 1.54) is 39.3 Å². The van der Waals surface area contributed by atoms with Gasteiger partial charge in [-0.3, -0.25) is 4.18 Å². The monoisotopic (exact) mass is 211 g/mol. The minimum atomic E-state index is -4.42. The third-order valence-corrected chi connectivity index (χ3v) is 2.10. The highest BCUT2D eigenvalue weighted by molar-refractivity contribution is 7.80. The number of piperidine rings is 1. The molecule has 0 unspecified atom stereocenters. The van der Waals surface area contributed by atoms with Crippen LogP contribution in [-0.4, -0.2) is 32.7 Å². The Balaban J connectivity index is 0.000000223. The highest BCUT2D eigenvalue weighted by atomic mass is 32.3. The van der Waals surface area contributed by atoms with Gasteiger partial charge in [0, 0.05) is 0 Å². The van der Waals surface area contributed by atoms with Gasteiger partial charge in [-0.15, -0.1) is 0 Å². The summed E-state index contributed by atoms with van der Waals surface area (Å²) in [5, 5.41) is 2.39. The lowest BCUT2D eigenvalue weighted by Gasteiger charge is -2.05. The fourth-order valence-corrected chi connectivity index (χ4v) is 1.33. The van der Waals surface area contributed by atoms with Gasteiger partial charge in [0.1, 0.15) is 0 Å². The Bertz CT molecular complexity index is 187. The summed E-state index contributed by atoms with van der Waals surface area (Å²) in [5.74, 6) is 0. The van der Waals surface area contributed by atoms with E-state index in [0.717, 1.165) is 0 Å². The molecule has 0 spiro atoms. The topological polar surface area (TPSA) is 83.0 Å². The van der Waals surface area contributed by atoms with E-state index in [9.17, 15) is 13.0 Å². The summed E-state index contributed by atoms with van der Waals surface area (Å²) >= 11 is 0. The minimum absolute atomic E-state index is 0.0914. The van der Waals surface area contributed by atoms with Crippen molar-refractivity contribution in [3.05, 3.63) is 0 Å². The lowest BCUT2D eigenvalue weighted by molar-refractivity contribution is -0.662. The molecular weight excluding hydrogens is 194 g/mol. The average molecular weight is 211 g/mol. The fraction of sp³-hybridized carbons (Fsp3) is 1.00. The maximum atomic E-state index is 9.45. The summed E-state index contributed by atoms with van der Waals surface area (Å²) < 4.78 is 32.0. The molecular formula is C7H17NO4S. The Morgan fingerprint density at radius 2 is 1.85 bits per heavy atom. The van der Waals surface area contributed by atoms with Crippen LogP contribution in [-0.2, 0) is 14.6 Å². The van der Waals surface area contributed by atoms with Crippen LogP contribution in [0.25, 0.3) is 0 Å². The lowest BCUT2D eigenvalue weighted by Crippen LogP contribution is -2.85. The molecule has 1 rings (SSSR count).